The highest BCUT2D eigenvalue weighted by Gasteiger charge is 2.24. The summed E-state index contributed by atoms with van der Waals surface area (Å²) >= 11 is 0. The topological polar surface area (TPSA) is 110 Å². The highest BCUT2D eigenvalue weighted by molar-refractivity contribution is 5.89. The molecule has 3 rings (SSSR count). The van der Waals surface area contributed by atoms with Crippen molar-refractivity contribution in [1.82, 2.24) is 20.9 Å². The van der Waals surface area contributed by atoms with E-state index < -0.39 is 6.04 Å². The van der Waals surface area contributed by atoms with E-state index in [4.69, 9.17) is 5.26 Å². The van der Waals surface area contributed by atoms with Gasteiger partial charge in [0.15, 0.2) is 0 Å². The number of H-pyrrole nitrogens is 1. The fourth-order valence-corrected chi connectivity index (χ4v) is 3.61. The third kappa shape index (κ3) is 5.00. The van der Waals surface area contributed by atoms with E-state index in [9.17, 15) is 9.59 Å². The molecule has 4 N–H and O–H groups in total. The minimum Gasteiger partial charge on any atom is -0.361 e. The lowest BCUT2D eigenvalue weighted by Crippen LogP contribution is -2.53. The van der Waals surface area contributed by atoms with Gasteiger partial charge in [-0.1, -0.05) is 37.5 Å². The highest BCUT2D eigenvalue weighted by atomic mass is 16.2. The van der Waals surface area contributed by atoms with Crippen molar-refractivity contribution in [2.75, 3.05) is 6.54 Å². The zero-order chi connectivity index (χ0) is 19.1. The van der Waals surface area contributed by atoms with Gasteiger partial charge >= 0.3 is 6.03 Å². The Kier molecular flexibility index (Phi) is 6.31. The summed E-state index contributed by atoms with van der Waals surface area (Å²) in [4.78, 5) is 28.1. The molecule has 27 heavy (non-hydrogen) atoms. The fraction of sp³-hybridized carbons (Fsp3) is 0.450. The summed E-state index contributed by atoms with van der Waals surface area (Å²) in [5.74, 6) is -0.361. The molecule has 1 unspecified atom stereocenters. The zero-order valence-corrected chi connectivity index (χ0v) is 15.3. The molecule has 1 aromatic heterocycles. The van der Waals surface area contributed by atoms with Gasteiger partial charge in [0.05, 0.1) is 6.07 Å². The van der Waals surface area contributed by atoms with E-state index in [2.05, 4.69) is 20.9 Å². The summed E-state index contributed by atoms with van der Waals surface area (Å²) in [6, 6.07) is 8.80. The molecule has 0 spiro atoms. The van der Waals surface area contributed by atoms with Crippen LogP contribution in [0, 0.1) is 11.3 Å². The maximum Gasteiger partial charge on any atom is 0.315 e. The zero-order valence-electron chi connectivity index (χ0n) is 15.3. The lowest BCUT2D eigenvalue weighted by atomic mass is 9.96. The Balaban J connectivity index is 1.69. The van der Waals surface area contributed by atoms with E-state index in [-0.39, 0.29) is 24.5 Å². The summed E-state index contributed by atoms with van der Waals surface area (Å²) in [5.41, 5.74) is 1.93. The minimum atomic E-state index is -0.749. The number of hydrogen-bond donors (Lipinski definition) is 4. The molecular formula is C20H25N5O2. The molecule has 7 heteroatoms. The largest absolute Gasteiger partial charge is 0.361 e. The number of aromatic nitrogens is 1. The van der Waals surface area contributed by atoms with Gasteiger partial charge in [0.25, 0.3) is 0 Å². The SMILES string of the molecule is N#CCNC(=O)C(Cc1c[nH]c2ccccc12)NC(=O)NC1CCCCC1. The lowest BCUT2D eigenvalue weighted by molar-refractivity contribution is -0.122. The molecule has 1 heterocycles. The molecule has 1 aromatic carbocycles. The number of benzene rings is 1. The second kappa shape index (κ2) is 9.08. The number of nitrogens with zero attached hydrogens (tertiary/aromatic N) is 1. The van der Waals surface area contributed by atoms with Crippen molar-refractivity contribution in [2.45, 2.75) is 50.6 Å². The normalized spacial score (nSPS) is 15.7. The number of urea groups is 1. The average Bonchev–Trinajstić information content (AvgIpc) is 3.09. The van der Waals surface area contributed by atoms with E-state index in [0.29, 0.717) is 6.42 Å². The predicted molar refractivity (Wildman–Crippen MR) is 103 cm³/mol. The van der Waals surface area contributed by atoms with Crippen LogP contribution in [0.2, 0.25) is 0 Å². The molecule has 0 radical (unpaired) electrons. The lowest BCUT2D eigenvalue weighted by Gasteiger charge is -2.24. The van der Waals surface area contributed by atoms with Crippen molar-refractivity contribution < 1.29 is 9.59 Å². The van der Waals surface area contributed by atoms with Crippen LogP contribution in [-0.2, 0) is 11.2 Å². The van der Waals surface area contributed by atoms with Gasteiger partial charge in [-0.05, 0) is 24.5 Å². The maximum absolute atomic E-state index is 12.5. The van der Waals surface area contributed by atoms with Gasteiger partial charge in [-0.3, -0.25) is 4.79 Å². The first-order valence-electron chi connectivity index (χ1n) is 9.44. The fourth-order valence-electron chi connectivity index (χ4n) is 3.61. The Morgan fingerprint density at radius 3 is 2.78 bits per heavy atom. The van der Waals surface area contributed by atoms with Gasteiger partial charge in [-0.2, -0.15) is 5.26 Å². The van der Waals surface area contributed by atoms with Crippen LogP contribution in [0.15, 0.2) is 30.5 Å². The predicted octanol–water partition coefficient (Wildman–Crippen LogP) is 2.35. The van der Waals surface area contributed by atoms with Gasteiger partial charge in [-0.15, -0.1) is 0 Å². The van der Waals surface area contributed by atoms with Crippen molar-refractivity contribution in [1.29, 1.82) is 5.26 Å². The molecule has 0 bridgehead atoms. The molecule has 7 nitrogen and oxygen atoms in total. The number of nitrogens with one attached hydrogen (secondary N) is 4. The molecule has 2 aromatic rings. The monoisotopic (exact) mass is 367 g/mol. The van der Waals surface area contributed by atoms with Crippen LogP contribution in [-0.4, -0.2) is 35.6 Å². The molecule has 0 aliphatic heterocycles. The number of nitriles is 1. The number of para-hydroxylation sites is 1. The smallest absolute Gasteiger partial charge is 0.315 e. The third-order valence-electron chi connectivity index (χ3n) is 5.00. The highest BCUT2D eigenvalue weighted by Crippen LogP contribution is 2.20. The first-order valence-corrected chi connectivity index (χ1v) is 9.44. The molecule has 1 fully saturated rings. The van der Waals surface area contributed by atoms with Gasteiger partial charge in [-0.25, -0.2) is 4.79 Å². The summed E-state index contributed by atoms with van der Waals surface area (Å²) in [7, 11) is 0. The Morgan fingerprint density at radius 1 is 1.22 bits per heavy atom. The number of rotatable bonds is 6. The van der Waals surface area contributed by atoms with Crippen molar-refractivity contribution >= 4 is 22.8 Å². The number of carbonyl (C=O) groups is 2. The standard InChI is InChI=1S/C20H25N5O2/c21-10-11-22-19(26)18(25-20(27)24-15-6-2-1-3-7-15)12-14-13-23-17-9-5-4-8-16(14)17/h4-5,8-9,13,15,18,23H,1-3,6-7,11-12H2,(H,22,26)(H2,24,25,27). The van der Waals surface area contributed by atoms with E-state index in [1.165, 1.54) is 6.42 Å². The van der Waals surface area contributed by atoms with Crippen LogP contribution in [0.3, 0.4) is 0 Å². The third-order valence-corrected chi connectivity index (χ3v) is 5.00. The first-order chi connectivity index (χ1) is 13.2. The van der Waals surface area contributed by atoms with Crippen molar-refractivity contribution in [3.63, 3.8) is 0 Å². The number of carbonyl (C=O) groups excluding carboxylic acids is 2. The number of hydrogen-bond acceptors (Lipinski definition) is 3. The van der Waals surface area contributed by atoms with Crippen molar-refractivity contribution in [3.8, 4) is 6.07 Å². The Labute approximate surface area is 158 Å². The van der Waals surface area contributed by atoms with E-state index in [1.54, 1.807) is 0 Å². The Morgan fingerprint density at radius 2 is 2.00 bits per heavy atom. The molecular weight excluding hydrogens is 342 g/mol. The van der Waals surface area contributed by atoms with Crippen LogP contribution in [0.5, 0.6) is 0 Å². The molecule has 1 atom stereocenters. The number of aromatic amines is 1. The van der Waals surface area contributed by atoms with Crippen LogP contribution >= 0.6 is 0 Å². The van der Waals surface area contributed by atoms with Crippen molar-refractivity contribution in [3.05, 3.63) is 36.0 Å². The maximum atomic E-state index is 12.5. The molecule has 1 aliphatic rings. The van der Waals surface area contributed by atoms with Gasteiger partial charge < -0.3 is 20.9 Å². The van der Waals surface area contributed by atoms with Crippen LogP contribution < -0.4 is 16.0 Å². The quantitative estimate of drug-likeness (QED) is 0.588. The van der Waals surface area contributed by atoms with Crippen LogP contribution in [0.1, 0.15) is 37.7 Å². The summed E-state index contributed by atoms with van der Waals surface area (Å²) in [6.07, 6.45) is 7.59. The average molecular weight is 367 g/mol. The summed E-state index contributed by atoms with van der Waals surface area (Å²) in [5, 5.41) is 18.1. The molecule has 3 amide bonds. The Bertz CT molecular complexity index is 832. The van der Waals surface area contributed by atoms with Gasteiger partial charge in [0.1, 0.15) is 12.6 Å². The van der Waals surface area contributed by atoms with E-state index in [1.807, 2.05) is 36.5 Å². The van der Waals surface area contributed by atoms with Gasteiger partial charge in [0.2, 0.25) is 5.91 Å². The second-order valence-corrected chi connectivity index (χ2v) is 6.94. The molecule has 0 saturated heterocycles. The number of fused-ring (bicyclic) bond motifs is 1. The summed E-state index contributed by atoms with van der Waals surface area (Å²) in [6.45, 7) is -0.0882. The van der Waals surface area contributed by atoms with Gasteiger partial charge in [0, 0.05) is 29.6 Å². The van der Waals surface area contributed by atoms with E-state index in [0.717, 1.165) is 42.1 Å². The van der Waals surface area contributed by atoms with Crippen molar-refractivity contribution in [2.24, 2.45) is 0 Å². The Hall–Kier alpha value is -3.01. The van der Waals surface area contributed by atoms with Crippen LogP contribution in [0.25, 0.3) is 10.9 Å². The summed E-state index contributed by atoms with van der Waals surface area (Å²) < 4.78 is 0. The first kappa shape index (κ1) is 18.8. The molecule has 142 valence electrons. The number of amides is 3. The van der Waals surface area contributed by atoms with Crippen LogP contribution in [0.4, 0.5) is 4.79 Å². The van der Waals surface area contributed by atoms with E-state index >= 15 is 0 Å². The minimum absolute atomic E-state index is 0.0882. The molecule has 1 aliphatic carbocycles. The molecule has 1 saturated carbocycles. The second-order valence-electron chi connectivity index (χ2n) is 6.94.